The minimum atomic E-state index is -1.86. The van der Waals surface area contributed by atoms with Crippen LogP contribution in [0.1, 0.15) is 30.9 Å². The van der Waals surface area contributed by atoms with Crippen LogP contribution in [0.2, 0.25) is 0 Å². The zero-order chi connectivity index (χ0) is 23.0. The Balaban J connectivity index is 1.97. The summed E-state index contributed by atoms with van der Waals surface area (Å²) in [7, 11) is 4.53. The Morgan fingerprint density at radius 1 is 1.03 bits per heavy atom. The first kappa shape index (κ1) is 21.9. The van der Waals surface area contributed by atoms with Crippen LogP contribution >= 0.6 is 0 Å². The Bertz CT molecular complexity index is 1010. The van der Waals surface area contributed by atoms with Gasteiger partial charge in [0.05, 0.1) is 27.9 Å². The molecule has 2 aliphatic rings. The second kappa shape index (κ2) is 8.31. The Hall–Kier alpha value is -3.33. The van der Waals surface area contributed by atoms with Crippen molar-refractivity contribution in [3.8, 4) is 34.5 Å². The monoisotopic (exact) mass is 446 g/mol. The van der Waals surface area contributed by atoms with E-state index in [1.54, 1.807) is 31.2 Å². The number of esters is 1. The summed E-state index contributed by atoms with van der Waals surface area (Å²) in [4.78, 5) is 13.1. The zero-order valence-corrected chi connectivity index (χ0v) is 18.6. The topological polar surface area (TPSA) is 102 Å². The van der Waals surface area contributed by atoms with E-state index >= 15 is 0 Å². The van der Waals surface area contributed by atoms with E-state index in [-0.39, 0.29) is 13.4 Å². The van der Waals surface area contributed by atoms with E-state index in [1.807, 2.05) is 0 Å². The Morgan fingerprint density at radius 2 is 1.66 bits per heavy atom. The summed E-state index contributed by atoms with van der Waals surface area (Å²) >= 11 is 0. The number of fused-ring (bicyclic) bond motifs is 2. The lowest BCUT2D eigenvalue weighted by atomic mass is 9.74. The van der Waals surface area contributed by atoms with Crippen molar-refractivity contribution in [2.45, 2.75) is 25.6 Å². The molecule has 9 nitrogen and oxygen atoms in total. The maximum absolute atomic E-state index is 13.1. The van der Waals surface area contributed by atoms with Crippen LogP contribution in [0.15, 0.2) is 24.3 Å². The second-order valence-corrected chi connectivity index (χ2v) is 7.57. The minimum absolute atomic E-state index is 0.0742. The summed E-state index contributed by atoms with van der Waals surface area (Å²) in [5.41, 5.74) is 1.27. The number of carbonyl (C=O) groups excluding carboxylic acids is 1. The summed E-state index contributed by atoms with van der Waals surface area (Å²) in [5.74, 6) is -1.58. The normalized spacial score (nSPS) is 23.1. The molecule has 0 aliphatic carbocycles. The van der Waals surface area contributed by atoms with Gasteiger partial charge in [0.2, 0.25) is 18.3 Å². The van der Waals surface area contributed by atoms with Gasteiger partial charge in [-0.1, -0.05) is 0 Å². The lowest BCUT2D eigenvalue weighted by Gasteiger charge is -2.42. The van der Waals surface area contributed by atoms with E-state index in [9.17, 15) is 9.90 Å². The molecular weight excluding hydrogens is 420 g/mol. The van der Waals surface area contributed by atoms with Gasteiger partial charge in [-0.3, -0.25) is 4.79 Å². The van der Waals surface area contributed by atoms with Crippen molar-refractivity contribution in [2.75, 3.05) is 34.7 Å². The minimum Gasteiger partial charge on any atom is -0.493 e. The molecule has 0 fully saturated rings. The number of hydrogen-bond acceptors (Lipinski definition) is 9. The summed E-state index contributed by atoms with van der Waals surface area (Å²) < 4.78 is 38.6. The predicted octanol–water partition coefficient (Wildman–Crippen LogP) is 2.85. The SMILES string of the molecule is CCOC(=O)[C@H]1[C@H](c2cc(OC)c(OC)c(OC)c2)c2cc3c(cc2OC1(C)O)OCO3. The van der Waals surface area contributed by atoms with Crippen LogP contribution in [-0.2, 0) is 9.53 Å². The van der Waals surface area contributed by atoms with E-state index in [2.05, 4.69) is 0 Å². The molecule has 0 saturated heterocycles. The van der Waals surface area contributed by atoms with Crippen LogP contribution in [0.25, 0.3) is 0 Å². The number of ether oxygens (including phenoxy) is 7. The fourth-order valence-corrected chi connectivity index (χ4v) is 4.29. The Kier molecular flexibility index (Phi) is 5.68. The lowest BCUT2D eigenvalue weighted by Crippen LogP contribution is -2.51. The molecule has 9 heteroatoms. The molecule has 4 rings (SSSR count). The highest BCUT2D eigenvalue weighted by atomic mass is 16.7. The molecule has 2 aromatic rings. The van der Waals surface area contributed by atoms with Crippen LogP contribution < -0.4 is 28.4 Å². The van der Waals surface area contributed by atoms with E-state index in [1.165, 1.54) is 28.3 Å². The van der Waals surface area contributed by atoms with Crippen molar-refractivity contribution in [1.29, 1.82) is 0 Å². The first-order valence-electron chi connectivity index (χ1n) is 10.2. The molecule has 1 unspecified atom stereocenters. The van der Waals surface area contributed by atoms with Gasteiger partial charge >= 0.3 is 5.97 Å². The molecule has 0 aromatic heterocycles. The van der Waals surface area contributed by atoms with Crippen molar-refractivity contribution < 1.29 is 43.1 Å². The van der Waals surface area contributed by atoms with Gasteiger partial charge in [-0.2, -0.15) is 0 Å². The van der Waals surface area contributed by atoms with Crippen molar-refractivity contribution >= 4 is 5.97 Å². The first-order chi connectivity index (χ1) is 15.3. The first-order valence-corrected chi connectivity index (χ1v) is 10.2. The average molecular weight is 446 g/mol. The van der Waals surface area contributed by atoms with Crippen LogP contribution in [0.4, 0.5) is 0 Å². The molecule has 172 valence electrons. The summed E-state index contributed by atoms with van der Waals surface area (Å²) in [6, 6.07) is 6.90. The van der Waals surface area contributed by atoms with Gasteiger partial charge in [0, 0.05) is 24.5 Å². The van der Waals surface area contributed by atoms with Crippen molar-refractivity contribution in [1.82, 2.24) is 0 Å². The van der Waals surface area contributed by atoms with Crippen LogP contribution in [-0.4, -0.2) is 51.6 Å². The summed E-state index contributed by atoms with van der Waals surface area (Å²) in [6.45, 7) is 3.37. The molecule has 0 amide bonds. The van der Waals surface area contributed by atoms with Gasteiger partial charge in [0.1, 0.15) is 11.7 Å². The van der Waals surface area contributed by atoms with E-state index in [0.29, 0.717) is 45.6 Å². The quantitative estimate of drug-likeness (QED) is 0.671. The van der Waals surface area contributed by atoms with Crippen molar-refractivity contribution in [3.05, 3.63) is 35.4 Å². The second-order valence-electron chi connectivity index (χ2n) is 7.57. The molecule has 32 heavy (non-hydrogen) atoms. The fraction of sp³-hybridized carbons (Fsp3) is 0.435. The van der Waals surface area contributed by atoms with Gasteiger partial charge in [-0.25, -0.2) is 0 Å². The van der Waals surface area contributed by atoms with Gasteiger partial charge in [-0.15, -0.1) is 0 Å². The van der Waals surface area contributed by atoms with Crippen LogP contribution in [0.5, 0.6) is 34.5 Å². The summed E-state index contributed by atoms with van der Waals surface area (Å²) in [5, 5.41) is 11.2. The third-order valence-corrected chi connectivity index (χ3v) is 5.65. The molecule has 0 saturated carbocycles. The third kappa shape index (κ3) is 3.52. The molecule has 0 bridgehead atoms. The number of benzene rings is 2. The number of rotatable bonds is 6. The van der Waals surface area contributed by atoms with E-state index < -0.39 is 23.6 Å². The van der Waals surface area contributed by atoms with Crippen molar-refractivity contribution in [2.24, 2.45) is 5.92 Å². The van der Waals surface area contributed by atoms with Gasteiger partial charge < -0.3 is 38.3 Å². The van der Waals surface area contributed by atoms with E-state index in [4.69, 9.17) is 33.2 Å². The molecule has 1 N–H and O–H groups in total. The zero-order valence-electron chi connectivity index (χ0n) is 18.6. The van der Waals surface area contributed by atoms with Crippen LogP contribution in [0, 0.1) is 5.92 Å². The highest BCUT2D eigenvalue weighted by molar-refractivity contribution is 5.78. The number of aliphatic hydroxyl groups is 1. The van der Waals surface area contributed by atoms with Crippen LogP contribution in [0.3, 0.4) is 0 Å². The van der Waals surface area contributed by atoms with Gasteiger partial charge in [0.25, 0.3) is 0 Å². The number of hydrogen-bond donors (Lipinski definition) is 1. The molecule has 0 spiro atoms. The molecule has 2 aliphatic heterocycles. The van der Waals surface area contributed by atoms with Crippen molar-refractivity contribution in [3.63, 3.8) is 0 Å². The predicted molar refractivity (Wildman–Crippen MR) is 112 cm³/mol. The smallest absolute Gasteiger partial charge is 0.316 e. The molecule has 0 radical (unpaired) electrons. The Morgan fingerprint density at radius 3 is 2.22 bits per heavy atom. The van der Waals surface area contributed by atoms with Gasteiger partial charge in [-0.05, 0) is 30.7 Å². The lowest BCUT2D eigenvalue weighted by molar-refractivity contribution is -0.198. The third-order valence-electron chi connectivity index (χ3n) is 5.65. The maximum atomic E-state index is 13.1. The Labute approximate surface area is 185 Å². The largest absolute Gasteiger partial charge is 0.493 e. The highest BCUT2D eigenvalue weighted by Crippen LogP contribution is 2.53. The van der Waals surface area contributed by atoms with E-state index in [0.717, 1.165) is 0 Å². The average Bonchev–Trinajstić information content (AvgIpc) is 3.22. The van der Waals surface area contributed by atoms with Gasteiger partial charge in [0.15, 0.2) is 23.0 Å². The molecule has 3 atom stereocenters. The highest BCUT2D eigenvalue weighted by Gasteiger charge is 2.52. The number of methoxy groups -OCH3 is 3. The molecular formula is C23H26O9. The maximum Gasteiger partial charge on any atom is 0.316 e. The fourth-order valence-electron chi connectivity index (χ4n) is 4.29. The summed E-state index contributed by atoms with van der Waals surface area (Å²) in [6.07, 6.45) is 0. The standard InChI is InChI=1S/C23H26O9/c1-6-29-22(24)20-19(12-7-17(26-3)21(28-5)18(8-12)27-4)13-9-15-16(31-11-30-15)10-14(13)32-23(20,2)25/h7-10,19-20,25H,6,11H2,1-5H3/t19-,20-,23?/m1/s1. The molecule has 2 heterocycles. The number of carbonyl (C=O) groups is 1. The molecule has 2 aromatic carbocycles.